The summed E-state index contributed by atoms with van der Waals surface area (Å²) in [7, 11) is 2.56. The molecule has 7 heteroatoms. The van der Waals surface area contributed by atoms with E-state index in [1.54, 1.807) is 12.1 Å². The van der Waals surface area contributed by atoms with Gasteiger partial charge in [-0.05, 0) is 24.3 Å². The van der Waals surface area contributed by atoms with Crippen LogP contribution in [0.2, 0.25) is 0 Å². The molecule has 0 aliphatic carbocycles. The van der Waals surface area contributed by atoms with Crippen molar-refractivity contribution in [3.8, 4) is 40.1 Å². The number of rotatable bonds is 3. The molecule has 3 aromatic rings. The van der Waals surface area contributed by atoms with E-state index in [1.807, 2.05) is 0 Å². The van der Waals surface area contributed by atoms with E-state index in [4.69, 9.17) is 13.9 Å². The first-order chi connectivity index (χ1) is 11.5. The van der Waals surface area contributed by atoms with Crippen LogP contribution >= 0.6 is 0 Å². The molecular formula is C17H14O7. The highest BCUT2D eigenvalue weighted by Gasteiger charge is 2.25. The maximum Gasteiger partial charge on any atom is 0.211 e. The third kappa shape index (κ3) is 2.26. The third-order valence-corrected chi connectivity index (χ3v) is 3.60. The fraction of sp³-hybridized carbons (Fsp3) is 0.118. The molecule has 0 saturated heterocycles. The summed E-state index contributed by atoms with van der Waals surface area (Å²) in [6.45, 7) is 0. The zero-order valence-corrected chi connectivity index (χ0v) is 12.9. The number of fused-ring (bicyclic) bond motifs is 1. The lowest BCUT2D eigenvalue weighted by molar-refractivity contribution is 0.317. The summed E-state index contributed by atoms with van der Waals surface area (Å²) in [5.74, 6) is -1.02. The molecule has 2 aromatic carbocycles. The average molecular weight is 330 g/mol. The molecule has 1 heterocycles. The molecule has 3 N–H and O–H groups in total. The van der Waals surface area contributed by atoms with Crippen LogP contribution in [0.15, 0.2) is 39.5 Å². The Bertz CT molecular complexity index is 971. The molecule has 0 radical (unpaired) electrons. The van der Waals surface area contributed by atoms with Gasteiger partial charge in [0, 0.05) is 11.6 Å². The summed E-state index contributed by atoms with van der Waals surface area (Å²) in [4.78, 5) is 12.4. The first-order valence-electron chi connectivity index (χ1n) is 6.91. The Balaban J connectivity index is 2.38. The highest BCUT2D eigenvalue weighted by atomic mass is 16.5. The molecule has 0 atom stereocenters. The lowest BCUT2D eigenvalue weighted by Crippen LogP contribution is -2.03. The van der Waals surface area contributed by atoms with Gasteiger partial charge < -0.3 is 29.2 Å². The molecular weight excluding hydrogens is 316 g/mol. The number of benzene rings is 2. The number of aromatic hydroxyl groups is 3. The predicted molar refractivity (Wildman–Crippen MR) is 86.0 cm³/mol. The number of hydrogen-bond donors (Lipinski definition) is 3. The van der Waals surface area contributed by atoms with Crippen molar-refractivity contribution in [3.63, 3.8) is 0 Å². The monoisotopic (exact) mass is 330 g/mol. The van der Waals surface area contributed by atoms with Gasteiger partial charge in [0.05, 0.1) is 14.2 Å². The van der Waals surface area contributed by atoms with Gasteiger partial charge in [-0.1, -0.05) is 0 Å². The van der Waals surface area contributed by atoms with Crippen LogP contribution in [0.3, 0.4) is 0 Å². The Labute approximate surface area is 135 Å². The minimum Gasteiger partial charge on any atom is -0.508 e. The molecule has 0 amide bonds. The van der Waals surface area contributed by atoms with E-state index in [-0.39, 0.29) is 34.0 Å². The quantitative estimate of drug-likeness (QED) is 0.633. The fourth-order valence-corrected chi connectivity index (χ4v) is 2.46. The van der Waals surface area contributed by atoms with E-state index in [9.17, 15) is 20.1 Å². The molecule has 0 saturated carbocycles. The Morgan fingerprint density at radius 3 is 2.08 bits per heavy atom. The summed E-state index contributed by atoms with van der Waals surface area (Å²) in [5.41, 5.74) is -0.269. The summed E-state index contributed by atoms with van der Waals surface area (Å²) in [6, 6.07) is 7.16. The van der Waals surface area contributed by atoms with Crippen LogP contribution in [0.1, 0.15) is 0 Å². The standard InChI is InChI=1S/C17H14O7/c1-22-16-13(20)12-10(19)7-11(8-3-5-9(18)6-4-8)24-15(12)14(21)17(16)23-2/h3-7,18,20-21H,1-2H3. The molecule has 3 rings (SSSR count). The van der Waals surface area contributed by atoms with Crippen molar-refractivity contribution in [1.82, 2.24) is 0 Å². The van der Waals surface area contributed by atoms with Gasteiger partial charge in [0.1, 0.15) is 16.9 Å². The third-order valence-electron chi connectivity index (χ3n) is 3.60. The zero-order valence-electron chi connectivity index (χ0n) is 12.9. The van der Waals surface area contributed by atoms with Crippen molar-refractivity contribution in [2.24, 2.45) is 0 Å². The summed E-state index contributed by atoms with van der Waals surface area (Å²) < 4.78 is 15.6. The van der Waals surface area contributed by atoms with Gasteiger partial charge in [-0.25, -0.2) is 0 Å². The largest absolute Gasteiger partial charge is 0.508 e. The lowest BCUT2D eigenvalue weighted by atomic mass is 10.1. The van der Waals surface area contributed by atoms with E-state index >= 15 is 0 Å². The second-order valence-electron chi connectivity index (χ2n) is 4.99. The van der Waals surface area contributed by atoms with Crippen LogP contribution in [0.4, 0.5) is 0 Å². The molecule has 7 nitrogen and oxygen atoms in total. The number of ether oxygens (including phenoxy) is 2. The minimum atomic E-state index is -0.562. The van der Waals surface area contributed by atoms with Crippen molar-refractivity contribution >= 4 is 11.0 Å². The van der Waals surface area contributed by atoms with Crippen molar-refractivity contribution in [2.75, 3.05) is 14.2 Å². The van der Waals surface area contributed by atoms with Gasteiger partial charge in [0.25, 0.3) is 0 Å². The van der Waals surface area contributed by atoms with E-state index < -0.39 is 16.9 Å². The predicted octanol–water partition coefficient (Wildman–Crippen LogP) is 2.59. The maximum atomic E-state index is 12.4. The SMILES string of the molecule is COc1c(OC)c(O)c2c(=O)cc(-c3ccc(O)cc3)oc2c1O. The molecule has 0 spiro atoms. The molecule has 0 aliphatic heterocycles. The molecule has 24 heavy (non-hydrogen) atoms. The van der Waals surface area contributed by atoms with Gasteiger partial charge in [0.2, 0.25) is 17.2 Å². The maximum absolute atomic E-state index is 12.4. The average Bonchev–Trinajstić information content (AvgIpc) is 2.57. The van der Waals surface area contributed by atoms with Crippen molar-refractivity contribution in [1.29, 1.82) is 0 Å². The van der Waals surface area contributed by atoms with Crippen molar-refractivity contribution < 1.29 is 29.2 Å². The molecule has 0 aliphatic rings. The lowest BCUT2D eigenvalue weighted by Gasteiger charge is -2.13. The summed E-state index contributed by atoms with van der Waals surface area (Å²) >= 11 is 0. The Kier molecular flexibility index (Phi) is 3.69. The molecule has 0 fully saturated rings. The Morgan fingerprint density at radius 2 is 1.50 bits per heavy atom. The van der Waals surface area contributed by atoms with E-state index in [0.29, 0.717) is 5.56 Å². The van der Waals surface area contributed by atoms with Crippen molar-refractivity contribution in [3.05, 3.63) is 40.6 Å². The number of hydrogen-bond acceptors (Lipinski definition) is 7. The van der Waals surface area contributed by atoms with Gasteiger partial charge >= 0.3 is 0 Å². The van der Waals surface area contributed by atoms with Gasteiger partial charge in [-0.3, -0.25) is 4.79 Å². The summed E-state index contributed by atoms with van der Waals surface area (Å²) in [6.07, 6.45) is 0. The topological polar surface area (TPSA) is 109 Å². The first-order valence-corrected chi connectivity index (χ1v) is 6.91. The molecule has 1 aromatic heterocycles. The molecule has 0 bridgehead atoms. The molecule has 0 unspecified atom stereocenters. The van der Waals surface area contributed by atoms with Crippen LogP contribution in [0, 0.1) is 0 Å². The highest BCUT2D eigenvalue weighted by Crippen LogP contribution is 2.49. The number of methoxy groups -OCH3 is 2. The van der Waals surface area contributed by atoms with Crippen LogP contribution in [-0.4, -0.2) is 29.5 Å². The van der Waals surface area contributed by atoms with E-state index in [2.05, 4.69) is 0 Å². The summed E-state index contributed by atoms with van der Waals surface area (Å²) in [5, 5.41) is 29.7. The van der Waals surface area contributed by atoms with Crippen LogP contribution < -0.4 is 14.9 Å². The first kappa shape index (κ1) is 15.5. The number of phenols is 3. The fourth-order valence-electron chi connectivity index (χ4n) is 2.46. The smallest absolute Gasteiger partial charge is 0.211 e. The molecule has 124 valence electrons. The highest BCUT2D eigenvalue weighted by molar-refractivity contribution is 5.94. The van der Waals surface area contributed by atoms with Gasteiger partial charge in [-0.2, -0.15) is 0 Å². The second-order valence-corrected chi connectivity index (χ2v) is 4.99. The van der Waals surface area contributed by atoms with Gasteiger partial charge in [0.15, 0.2) is 16.8 Å². The van der Waals surface area contributed by atoms with E-state index in [1.165, 1.54) is 32.4 Å². The normalized spacial score (nSPS) is 10.8. The van der Waals surface area contributed by atoms with Gasteiger partial charge in [-0.15, -0.1) is 0 Å². The van der Waals surface area contributed by atoms with Crippen LogP contribution in [-0.2, 0) is 0 Å². The van der Waals surface area contributed by atoms with Crippen LogP contribution in [0.5, 0.6) is 28.7 Å². The van der Waals surface area contributed by atoms with Crippen LogP contribution in [0.25, 0.3) is 22.3 Å². The van der Waals surface area contributed by atoms with E-state index in [0.717, 1.165) is 0 Å². The Hall–Kier alpha value is -3.35. The second kappa shape index (κ2) is 5.69. The Morgan fingerprint density at radius 1 is 0.917 bits per heavy atom. The van der Waals surface area contributed by atoms with Crippen molar-refractivity contribution in [2.45, 2.75) is 0 Å². The zero-order chi connectivity index (χ0) is 17.4. The minimum absolute atomic E-state index is 0.0637. The number of phenolic OH excluding ortho intramolecular Hbond substituents is 3.